The van der Waals surface area contributed by atoms with E-state index >= 15 is 0 Å². The quantitative estimate of drug-likeness (QED) is 0.374. The minimum Gasteiger partial charge on any atom is -0.0877 e. The molecule has 0 radical (unpaired) electrons. The molecule has 0 amide bonds. The highest BCUT2D eigenvalue weighted by atomic mass is 14.0. The van der Waals surface area contributed by atoms with Gasteiger partial charge in [-0.1, -0.05) is 47.1 Å². The number of rotatable bonds is 7. The molecule has 0 saturated carbocycles. The van der Waals surface area contributed by atoms with Gasteiger partial charge in [0.15, 0.2) is 0 Å². The van der Waals surface area contributed by atoms with E-state index in [0.29, 0.717) is 0 Å². The maximum absolute atomic E-state index is 2.38. The lowest BCUT2D eigenvalue weighted by Crippen LogP contribution is -1.80. The predicted molar refractivity (Wildman–Crippen MR) is 80.2 cm³/mol. The molecule has 0 aromatic carbocycles. The van der Waals surface area contributed by atoms with Crippen LogP contribution in [0.2, 0.25) is 0 Å². The summed E-state index contributed by atoms with van der Waals surface area (Å²) in [6.45, 7) is 10.8. The second-order valence-electron chi connectivity index (χ2n) is 4.95. The first-order chi connectivity index (χ1) is 8.06. The highest BCUT2D eigenvalue weighted by Gasteiger charge is 1.90. The second kappa shape index (κ2) is 10.1. The van der Waals surface area contributed by atoms with Gasteiger partial charge in [-0.15, -0.1) is 0 Å². The maximum Gasteiger partial charge on any atom is -0.0285 e. The summed E-state index contributed by atoms with van der Waals surface area (Å²) in [6, 6.07) is 0. The van der Waals surface area contributed by atoms with E-state index in [2.05, 4.69) is 65.0 Å². The molecule has 17 heavy (non-hydrogen) atoms. The van der Waals surface area contributed by atoms with Crippen LogP contribution in [0.5, 0.6) is 0 Å². The normalized spacial score (nSPS) is 13.2. The first-order valence-electron chi connectivity index (χ1n) is 6.63. The van der Waals surface area contributed by atoms with Crippen molar-refractivity contribution in [3.05, 3.63) is 47.1 Å². The predicted octanol–water partition coefficient (Wildman–Crippen LogP) is 5.98. The Morgan fingerprint density at radius 3 is 2.00 bits per heavy atom. The van der Waals surface area contributed by atoms with E-state index in [4.69, 9.17) is 0 Å². The van der Waals surface area contributed by atoms with E-state index in [1.54, 1.807) is 0 Å². The lowest BCUT2D eigenvalue weighted by molar-refractivity contribution is 0.918. The van der Waals surface area contributed by atoms with Crippen LogP contribution < -0.4 is 0 Å². The molecule has 0 nitrogen and oxygen atoms in total. The smallest absolute Gasteiger partial charge is 0.0285 e. The van der Waals surface area contributed by atoms with Crippen molar-refractivity contribution in [2.75, 3.05) is 0 Å². The third-order valence-corrected chi connectivity index (χ3v) is 2.70. The lowest BCUT2D eigenvalue weighted by atomic mass is 10.1. The molecule has 0 spiro atoms. The fourth-order valence-electron chi connectivity index (χ4n) is 1.58. The summed E-state index contributed by atoms with van der Waals surface area (Å²) < 4.78 is 0. The summed E-state index contributed by atoms with van der Waals surface area (Å²) in [7, 11) is 0. The van der Waals surface area contributed by atoms with Crippen molar-refractivity contribution in [1.29, 1.82) is 0 Å². The highest BCUT2D eigenvalue weighted by Crippen LogP contribution is 2.11. The van der Waals surface area contributed by atoms with Crippen LogP contribution >= 0.6 is 0 Å². The molecule has 0 N–H and O–H groups in total. The summed E-state index contributed by atoms with van der Waals surface area (Å²) in [5.41, 5.74) is 4.39. The summed E-state index contributed by atoms with van der Waals surface area (Å²) in [6.07, 6.45) is 15.8. The van der Waals surface area contributed by atoms with Crippen molar-refractivity contribution in [3.63, 3.8) is 0 Å². The van der Waals surface area contributed by atoms with Gasteiger partial charge < -0.3 is 0 Å². The zero-order valence-electron chi connectivity index (χ0n) is 12.2. The molecule has 0 aliphatic heterocycles. The molecule has 0 aliphatic carbocycles. The summed E-state index contributed by atoms with van der Waals surface area (Å²) in [5, 5.41) is 0. The van der Waals surface area contributed by atoms with Crippen LogP contribution in [0, 0.1) is 0 Å². The number of hydrogen-bond acceptors (Lipinski definition) is 0. The first kappa shape index (κ1) is 16.0. The molecule has 0 rings (SSSR count). The van der Waals surface area contributed by atoms with Crippen molar-refractivity contribution >= 4 is 0 Å². The third-order valence-electron chi connectivity index (χ3n) is 2.70. The first-order valence-corrected chi connectivity index (χ1v) is 6.63. The lowest BCUT2D eigenvalue weighted by Gasteiger charge is -2.00. The molecular weight excluding hydrogens is 204 g/mol. The van der Waals surface area contributed by atoms with Crippen molar-refractivity contribution in [2.24, 2.45) is 0 Å². The average Bonchev–Trinajstić information content (AvgIpc) is 2.25. The van der Waals surface area contributed by atoms with Crippen LogP contribution in [0.15, 0.2) is 47.1 Å². The van der Waals surface area contributed by atoms with Gasteiger partial charge in [0.2, 0.25) is 0 Å². The third kappa shape index (κ3) is 11.2. The Morgan fingerprint density at radius 1 is 0.824 bits per heavy atom. The van der Waals surface area contributed by atoms with E-state index < -0.39 is 0 Å². The van der Waals surface area contributed by atoms with Crippen molar-refractivity contribution < 1.29 is 0 Å². The highest BCUT2D eigenvalue weighted by molar-refractivity contribution is 5.11. The van der Waals surface area contributed by atoms with Gasteiger partial charge in [-0.2, -0.15) is 0 Å². The Balaban J connectivity index is 3.88. The van der Waals surface area contributed by atoms with Crippen molar-refractivity contribution in [2.45, 2.75) is 60.3 Å². The molecule has 0 heterocycles. The Labute approximate surface area is 108 Å². The summed E-state index contributed by atoms with van der Waals surface area (Å²) in [4.78, 5) is 0. The van der Waals surface area contributed by atoms with E-state index in [-0.39, 0.29) is 0 Å². The molecule has 0 aromatic heterocycles. The maximum atomic E-state index is 2.38. The monoisotopic (exact) mass is 232 g/mol. The van der Waals surface area contributed by atoms with Crippen LogP contribution in [0.4, 0.5) is 0 Å². The summed E-state index contributed by atoms with van der Waals surface area (Å²) in [5.74, 6) is 0. The van der Waals surface area contributed by atoms with Gasteiger partial charge in [-0.3, -0.25) is 0 Å². The number of allylic oxidation sites excluding steroid dienone is 8. The molecule has 0 fully saturated rings. The van der Waals surface area contributed by atoms with E-state index in [0.717, 1.165) is 0 Å². The van der Waals surface area contributed by atoms with Crippen LogP contribution in [0.25, 0.3) is 0 Å². The van der Waals surface area contributed by atoms with Crippen LogP contribution in [-0.2, 0) is 0 Å². The van der Waals surface area contributed by atoms with Crippen molar-refractivity contribution in [3.8, 4) is 0 Å². The van der Waals surface area contributed by atoms with Gasteiger partial charge in [0.05, 0.1) is 0 Å². The zero-order chi connectivity index (χ0) is 13.1. The fraction of sp³-hybridized carbons (Fsp3) is 0.529. The molecule has 0 unspecified atom stereocenters. The minimum absolute atomic E-state index is 1.17. The Hall–Kier alpha value is -1.04. The van der Waals surface area contributed by atoms with E-state index in [1.165, 1.54) is 42.4 Å². The molecule has 0 aromatic rings. The standard InChI is InChI=1S/C17H28/c1-6-7-11-16(4)13-9-14-17(5)12-8-10-15(2)3/h6-7,10-11,14H,8-9,12-13H2,1-5H3. The minimum atomic E-state index is 1.17. The second-order valence-corrected chi connectivity index (χ2v) is 4.95. The van der Waals surface area contributed by atoms with Crippen LogP contribution in [-0.4, -0.2) is 0 Å². The van der Waals surface area contributed by atoms with E-state index in [9.17, 15) is 0 Å². The molecular formula is C17H28. The fourth-order valence-corrected chi connectivity index (χ4v) is 1.58. The van der Waals surface area contributed by atoms with Crippen LogP contribution in [0.3, 0.4) is 0 Å². The van der Waals surface area contributed by atoms with Gasteiger partial charge in [-0.05, 0) is 60.3 Å². The zero-order valence-corrected chi connectivity index (χ0v) is 12.2. The molecule has 0 bridgehead atoms. The van der Waals surface area contributed by atoms with Gasteiger partial charge >= 0.3 is 0 Å². The van der Waals surface area contributed by atoms with Crippen LogP contribution in [0.1, 0.15) is 60.3 Å². The topological polar surface area (TPSA) is 0 Å². The van der Waals surface area contributed by atoms with Gasteiger partial charge in [0.25, 0.3) is 0 Å². The van der Waals surface area contributed by atoms with Gasteiger partial charge in [0, 0.05) is 0 Å². The molecule has 96 valence electrons. The Bertz CT molecular complexity index is 307. The Morgan fingerprint density at radius 2 is 1.41 bits per heavy atom. The summed E-state index contributed by atoms with van der Waals surface area (Å²) >= 11 is 0. The molecule has 0 aliphatic rings. The molecule has 0 heteroatoms. The molecule has 0 atom stereocenters. The van der Waals surface area contributed by atoms with Gasteiger partial charge in [-0.25, -0.2) is 0 Å². The van der Waals surface area contributed by atoms with E-state index in [1.807, 2.05) is 0 Å². The SMILES string of the molecule is CC=CC=C(C)CCC=C(C)CCC=C(C)C. The Kier molecular flexibility index (Phi) is 9.52. The number of hydrogen-bond donors (Lipinski definition) is 0. The largest absolute Gasteiger partial charge is 0.0877 e. The average molecular weight is 232 g/mol. The van der Waals surface area contributed by atoms with Gasteiger partial charge in [0.1, 0.15) is 0 Å². The van der Waals surface area contributed by atoms with Crippen molar-refractivity contribution in [1.82, 2.24) is 0 Å². The molecule has 0 saturated heterocycles.